The van der Waals surface area contributed by atoms with Crippen molar-refractivity contribution >= 4 is 22.2 Å². The summed E-state index contributed by atoms with van der Waals surface area (Å²) in [7, 11) is 0. The Bertz CT molecular complexity index is 1600. The standard InChI is InChI=1S/C30H27F2N3O/c1-17(2)29-23(30(36)33-18(3)21-13-12-20-8-5-6-9-22(20)16-21)14-15-26-27(19(4)34-35(26)29)28-24(31)10-7-11-25(28)32/h5-18H,1-4H3,(H,33,36). The highest BCUT2D eigenvalue weighted by Crippen LogP contribution is 2.35. The van der Waals surface area contributed by atoms with Gasteiger partial charge in [0.2, 0.25) is 0 Å². The number of hydrogen-bond acceptors (Lipinski definition) is 2. The van der Waals surface area contributed by atoms with Gasteiger partial charge in [-0.05, 0) is 66.4 Å². The van der Waals surface area contributed by atoms with E-state index in [1.54, 1.807) is 23.6 Å². The van der Waals surface area contributed by atoms with Gasteiger partial charge in [-0.15, -0.1) is 0 Å². The average molecular weight is 484 g/mol. The summed E-state index contributed by atoms with van der Waals surface area (Å²) in [5, 5.41) is 9.97. The van der Waals surface area contributed by atoms with Gasteiger partial charge in [0, 0.05) is 5.56 Å². The first-order chi connectivity index (χ1) is 17.3. The molecule has 4 nitrogen and oxygen atoms in total. The van der Waals surface area contributed by atoms with Crippen molar-refractivity contribution in [1.29, 1.82) is 0 Å². The van der Waals surface area contributed by atoms with Crippen LogP contribution in [0.5, 0.6) is 0 Å². The zero-order valence-corrected chi connectivity index (χ0v) is 20.6. The first kappa shape index (κ1) is 23.7. The quantitative estimate of drug-likeness (QED) is 0.284. The number of halogens is 2. The molecule has 1 N–H and O–H groups in total. The summed E-state index contributed by atoms with van der Waals surface area (Å²) >= 11 is 0. The van der Waals surface area contributed by atoms with Gasteiger partial charge in [0.15, 0.2) is 0 Å². The van der Waals surface area contributed by atoms with Gasteiger partial charge < -0.3 is 5.32 Å². The average Bonchev–Trinajstić information content (AvgIpc) is 3.18. The van der Waals surface area contributed by atoms with Gasteiger partial charge in [-0.1, -0.05) is 56.3 Å². The Labute approximate surface area is 208 Å². The normalized spacial score (nSPS) is 12.4. The minimum absolute atomic E-state index is 0.0666. The molecule has 5 aromatic rings. The molecule has 0 aliphatic carbocycles. The van der Waals surface area contributed by atoms with E-state index in [1.165, 1.54) is 18.2 Å². The number of aryl methyl sites for hydroxylation is 1. The molecule has 0 fully saturated rings. The molecule has 6 heteroatoms. The van der Waals surface area contributed by atoms with Gasteiger partial charge in [-0.2, -0.15) is 5.10 Å². The highest BCUT2D eigenvalue weighted by molar-refractivity contribution is 5.97. The molecule has 3 aromatic carbocycles. The van der Waals surface area contributed by atoms with E-state index in [1.807, 2.05) is 45.0 Å². The molecule has 0 aliphatic heterocycles. The van der Waals surface area contributed by atoms with E-state index >= 15 is 0 Å². The predicted molar refractivity (Wildman–Crippen MR) is 139 cm³/mol. The summed E-state index contributed by atoms with van der Waals surface area (Å²) in [5.41, 5.74) is 3.49. The summed E-state index contributed by atoms with van der Waals surface area (Å²) in [6.07, 6.45) is 0. The van der Waals surface area contributed by atoms with Crippen molar-refractivity contribution in [2.75, 3.05) is 0 Å². The molecule has 0 bridgehead atoms. The number of rotatable bonds is 5. The maximum absolute atomic E-state index is 14.6. The highest BCUT2D eigenvalue weighted by atomic mass is 19.1. The van der Waals surface area contributed by atoms with Crippen molar-refractivity contribution in [2.45, 2.75) is 39.7 Å². The second-order valence-electron chi connectivity index (χ2n) is 9.44. The summed E-state index contributed by atoms with van der Waals surface area (Å²) in [6, 6.07) is 21.3. The van der Waals surface area contributed by atoms with E-state index in [-0.39, 0.29) is 23.4 Å². The number of nitrogens with one attached hydrogen (secondary N) is 1. The minimum Gasteiger partial charge on any atom is -0.345 e. The van der Waals surface area contributed by atoms with Gasteiger partial charge in [-0.3, -0.25) is 4.79 Å². The molecule has 1 atom stereocenters. The minimum atomic E-state index is -0.648. The van der Waals surface area contributed by atoms with Crippen molar-refractivity contribution in [3.63, 3.8) is 0 Å². The Morgan fingerprint density at radius 3 is 2.25 bits per heavy atom. The van der Waals surface area contributed by atoms with Crippen molar-refractivity contribution in [1.82, 2.24) is 14.9 Å². The fourth-order valence-corrected chi connectivity index (χ4v) is 4.87. The topological polar surface area (TPSA) is 46.4 Å². The maximum Gasteiger partial charge on any atom is 0.253 e. The van der Waals surface area contributed by atoms with Crippen LogP contribution in [0.3, 0.4) is 0 Å². The third kappa shape index (κ3) is 4.02. The van der Waals surface area contributed by atoms with E-state index in [0.717, 1.165) is 16.3 Å². The second kappa shape index (κ2) is 9.19. The number of carbonyl (C=O) groups excluding carboxylic acids is 1. The van der Waals surface area contributed by atoms with Crippen LogP contribution in [0.1, 0.15) is 60.0 Å². The first-order valence-electron chi connectivity index (χ1n) is 12.0. The van der Waals surface area contributed by atoms with Gasteiger partial charge in [-0.25, -0.2) is 13.3 Å². The zero-order valence-electron chi connectivity index (χ0n) is 20.6. The lowest BCUT2D eigenvalue weighted by molar-refractivity contribution is 0.0937. The Balaban J connectivity index is 1.55. The molecule has 5 rings (SSSR count). The van der Waals surface area contributed by atoms with E-state index in [4.69, 9.17) is 0 Å². The lowest BCUT2D eigenvalue weighted by Gasteiger charge is -2.19. The molecule has 1 unspecified atom stereocenters. The fraction of sp³-hybridized carbons (Fsp3) is 0.200. The molecular weight excluding hydrogens is 456 g/mol. The maximum atomic E-state index is 14.6. The SMILES string of the molecule is Cc1nn2c(C(C)C)c(C(=O)NC(C)c3ccc4ccccc4c3)ccc2c1-c1c(F)cccc1F. The van der Waals surface area contributed by atoms with Crippen molar-refractivity contribution < 1.29 is 13.6 Å². The number of benzene rings is 3. The van der Waals surface area contributed by atoms with Crippen molar-refractivity contribution in [3.8, 4) is 11.1 Å². The Hall–Kier alpha value is -4.06. The van der Waals surface area contributed by atoms with Gasteiger partial charge in [0.25, 0.3) is 5.91 Å². The van der Waals surface area contributed by atoms with Crippen molar-refractivity contribution in [3.05, 3.63) is 107 Å². The monoisotopic (exact) mass is 483 g/mol. The zero-order chi connectivity index (χ0) is 25.6. The number of nitrogens with zero attached hydrogens (tertiary/aromatic N) is 2. The Morgan fingerprint density at radius 2 is 1.56 bits per heavy atom. The molecule has 0 saturated heterocycles. The lowest BCUT2D eigenvalue weighted by Crippen LogP contribution is -2.28. The second-order valence-corrected chi connectivity index (χ2v) is 9.44. The third-order valence-electron chi connectivity index (χ3n) is 6.63. The van der Waals surface area contributed by atoms with Crippen LogP contribution in [-0.4, -0.2) is 15.5 Å². The number of pyridine rings is 1. The van der Waals surface area contributed by atoms with Gasteiger partial charge in [0.05, 0.1) is 34.1 Å². The molecule has 0 radical (unpaired) electrons. The van der Waals surface area contributed by atoms with E-state index < -0.39 is 11.6 Å². The van der Waals surface area contributed by atoms with Crippen molar-refractivity contribution in [2.24, 2.45) is 0 Å². The van der Waals surface area contributed by atoms with Crippen LogP contribution < -0.4 is 5.32 Å². The number of fused-ring (bicyclic) bond motifs is 2. The smallest absolute Gasteiger partial charge is 0.253 e. The van der Waals surface area contributed by atoms with Crippen LogP contribution in [0.4, 0.5) is 8.78 Å². The van der Waals surface area contributed by atoms with E-state index in [0.29, 0.717) is 28.0 Å². The summed E-state index contributed by atoms with van der Waals surface area (Å²) < 4.78 is 30.9. The van der Waals surface area contributed by atoms with Gasteiger partial charge >= 0.3 is 0 Å². The Morgan fingerprint density at radius 1 is 0.861 bits per heavy atom. The lowest BCUT2D eigenvalue weighted by atomic mass is 9.99. The molecular formula is C30H27F2N3O. The number of aromatic nitrogens is 2. The first-order valence-corrected chi connectivity index (χ1v) is 12.0. The predicted octanol–water partition coefficient (Wildman–Crippen LogP) is 7.36. The highest BCUT2D eigenvalue weighted by Gasteiger charge is 2.25. The number of carbonyl (C=O) groups is 1. The molecule has 0 saturated carbocycles. The van der Waals surface area contributed by atoms with E-state index in [2.05, 4.69) is 28.6 Å². The summed E-state index contributed by atoms with van der Waals surface area (Å²) in [6.45, 7) is 7.62. The summed E-state index contributed by atoms with van der Waals surface area (Å²) in [5.74, 6) is -1.59. The third-order valence-corrected chi connectivity index (χ3v) is 6.63. The largest absolute Gasteiger partial charge is 0.345 e. The molecule has 2 heterocycles. The Kier molecular flexibility index (Phi) is 6.04. The molecule has 182 valence electrons. The molecule has 0 aliphatic rings. The molecule has 1 amide bonds. The van der Waals surface area contributed by atoms with E-state index in [9.17, 15) is 13.6 Å². The van der Waals surface area contributed by atoms with Crippen LogP contribution in [0.25, 0.3) is 27.4 Å². The summed E-state index contributed by atoms with van der Waals surface area (Å²) in [4.78, 5) is 13.5. The van der Waals surface area contributed by atoms with Gasteiger partial charge in [0.1, 0.15) is 11.6 Å². The molecule has 36 heavy (non-hydrogen) atoms. The van der Waals surface area contributed by atoms with Crippen LogP contribution in [-0.2, 0) is 0 Å². The van der Waals surface area contributed by atoms with Crippen LogP contribution in [0.2, 0.25) is 0 Å². The molecule has 0 spiro atoms. The van der Waals surface area contributed by atoms with Crippen LogP contribution in [0.15, 0.2) is 72.8 Å². The van der Waals surface area contributed by atoms with Crippen LogP contribution in [0, 0.1) is 18.6 Å². The number of amides is 1. The number of hydrogen-bond donors (Lipinski definition) is 1. The molecule has 2 aromatic heterocycles. The van der Waals surface area contributed by atoms with Crippen LogP contribution >= 0.6 is 0 Å². The fourth-order valence-electron chi connectivity index (χ4n) is 4.87.